The van der Waals surface area contributed by atoms with Crippen molar-refractivity contribution < 1.29 is 14.5 Å². The zero-order valence-corrected chi connectivity index (χ0v) is 11.4. The van der Waals surface area contributed by atoms with E-state index in [0.717, 1.165) is 0 Å². The van der Waals surface area contributed by atoms with Gasteiger partial charge < -0.3 is 4.74 Å². The smallest absolute Gasteiger partial charge is 0.317 e. The summed E-state index contributed by atoms with van der Waals surface area (Å²) in [5.41, 5.74) is 0.382. The fourth-order valence-corrected chi connectivity index (χ4v) is 1.80. The van der Waals surface area contributed by atoms with Gasteiger partial charge in [0.2, 0.25) is 0 Å². The molecule has 5 heteroatoms. The summed E-state index contributed by atoms with van der Waals surface area (Å²) in [6, 6.07) is 14.9. The van der Waals surface area contributed by atoms with E-state index >= 15 is 0 Å². The number of allylic oxidation sites excluding steroid dienone is 1. The second-order valence-corrected chi connectivity index (χ2v) is 4.25. The first kappa shape index (κ1) is 14.5. The van der Waals surface area contributed by atoms with E-state index < -0.39 is 16.4 Å². The van der Waals surface area contributed by atoms with Crippen LogP contribution in [0.4, 0.5) is 0 Å². The van der Waals surface area contributed by atoms with Crippen LogP contribution in [0.25, 0.3) is 6.08 Å². The Labute approximate surface area is 121 Å². The van der Waals surface area contributed by atoms with Gasteiger partial charge in [-0.3, -0.25) is 14.9 Å². The van der Waals surface area contributed by atoms with E-state index in [0.29, 0.717) is 11.3 Å². The molecule has 0 aliphatic carbocycles. The normalized spacial score (nSPS) is 11.0. The van der Waals surface area contributed by atoms with Crippen molar-refractivity contribution in [3.05, 3.63) is 81.5 Å². The lowest BCUT2D eigenvalue weighted by Crippen LogP contribution is -2.11. The predicted molar refractivity (Wildman–Crippen MR) is 78.7 cm³/mol. The monoisotopic (exact) mass is 283 g/mol. The van der Waals surface area contributed by atoms with Crippen LogP contribution in [0.15, 0.2) is 60.3 Å². The Morgan fingerprint density at radius 2 is 1.71 bits per heavy atom. The number of ketones is 1. The molecule has 0 fully saturated rings. The molecule has 0 radical (unpaired) electrons. The molecule has 0 saturated carbocycles. The average molecular weight is 283 g/mol. The first-order valence-electron chi connectivity index (χ1n) is 6.21. The maximum atomic E-state index is 12.2. The standard InChI is InChI=1S/C16H13NO4/c1-21-14-9-7-13(8-10-14)16(18)15(17(19)20)11-12-5-3-2-4-6-12/h2-11H,1H3/b15-11+. The summed E-state index contributed by atoms with van der Waals surface area (Å²) < 4.78 is 4.99. The van der Waals surface area contributed by atoms with Gasteiger partial charge >= 0.3 is 5.70 Å². The molecule has 0 aliphatic rings. The Morgan fingerprint density at radius 1 is 1.10 bits per heavy atom. The van der Waals surface area contributed by atoms with E-state index in [-0.39, 0.29) is 5.56 Å². The molecular formula is C16H13NO4. The Kier molecular flexibility index (Phi) is 4.46. The van der Waals surface area contributed by atoms with Crippen molar-refractivity contribution in [2.24, 2.45) is 0 Å². The summed E-state index contributed by atoms with van der Waals surface area (Å²) in [6.07, 6.45) is 1.27. The van der Waals surface area contributed by atoms with Gasteiger partial charge in [-0.25, -0.2) is 0 Å². The highest BCUT2D eigenvalue weighted by Crippen LogP contribution is 2.17. The van der Waals surface area contributed by atoms with Gasteiger partial charge in [0, 0.05) is 11.6 Å². The van der Waals surface area contributed by atoms with Crippen LogP contribution < -0.4 is 4.74 Å². The second kappa shape index (κ2) is 6.47. The lowest BCUT2D eigenvalue weighted by Gasteiger charge is -2.02. The van der Waals surface area contributed by atoms with E-state index in [1.165, 1.54) is 25.3 Å². The van der Waals surface area contributed by atoms with Gasteiger partial charge in [-0.1, -0.05) is 30.3 Å². The third kappa shape index (κ3) is 3.54. The quantitative estimate of drug-likeness (QED) is 0.366. The molecule has 0 heterocycles. The van der Waals surface area contributed by atoms with Crippen molar-refractivity contribution in [1.82, 2.24) is 0 Å². The molecule has 0 atom stereocenters. The summed E-state index contributed by atoms with van der Waals surface area (Å²) in [5, 5.41) is 11.1. The molecule has 21 heavy (non-hydrogen) atoms. The van der Waals surface area contributed by atoms with Crippen LogP contribution in [0.2, 0.25) is 0 Å². The highest BCUT2D eigenvalue weighted by atomic mass is 16.6. The fraction of sp³-hybridized carbons (Fsp3) is 0.0625. The number of carbonyl (C=O) groups is 1. The molecule has 0 unspecified atom stereocenters. The van der Waals surface area contributed by atoms with Crippen LogP contribution in [-0.2, 0) is 0 Å². The molecule has 106 valence electrons. The summed E-state index contributed by atoms with van der Waals surface area (Å²) in [5.74, 6) is -0.0484. The topological polar surface area (TPSA) is 69.4 Å². The number of hydrogen-bond acceptors (Lipinski definition) is 4. The Bertz CT molecular complexity index is 675. The lowest BCUT2D eigenvalue weighted by molar-refractivity contribution is -0.415. The lowest BCUT2D eigenvalue weighted by atomic mass is 10.1. The highest BCUT2D eigenvalue weighted by Gasteiger charge is 2.23. The average Bonchev–Trinajstić information content (AvgIpc) is 2.53. The van der Waals surface area contributed by atoms with Crippen LogP contribution in [-0.4, -0.2) is 17.8 Å². The molecule has 0 amide bonds. The van der Waals surface area contributed by atoms with Gasteiger partial charge in [-0.15, -0.1) is 0 Å². The number of nitrogens with zero attached hydrogens (tertiary/aromatic N) is 1. The van der Waals surface area contributed by atoms with Gasteiger partial charge in [0.1, 0.15) is 5.75 Å². The SMILES string of the molecule is COc1ccc(C(=O)/C(=C\c2ccccc2)[N+](=O)[O-])cc1. The number of benzene rings is 2. The van der Waals surface area contributed by atoms with E-state index in [4.69, 9.17) is 4.74 Å². The highest BCUT2D eigenvalue weighted by molar-refractivity contribution is 6.09. The maximum absolute atomic E-state index is 12.2. The number of carbonyl (C=O) groups excluding carboxylic acids is 1. The molecule has 0 saturated heterocycles. The zero-order valence-electron chi connectivity index (χ0n) is 11.4. The number of rotatable bonds is 5. The van der Waals surface area contributed by atoms with Crippen molar-refractivity contribution >= 4 is 11.9 Å². The molecule has 0 N–H and O–H groups in total. The number of nitro groups is 1. The van der Waals surface area contributed by atoms with Crippen molar-refractivity contribution in [2.45, 2.75) is 0 Å². The summed E-state index contributed by atoms with van der Waals surface area (Å²) >= 11 is 0. The Morgan fingerprint density at radius 3 is 2.24 bits per heavy atom. The first-order chi connectivity index (χ1) is 10.1. The Hall–Kier alpha value is -2.95. The minimum atomic E-state index is -0.667. The van der Waals surface area contributed by atoms with E-state index in [1.54, 1.807) is 42.5 Å². The molecule has 5 nitrogen and oxygen atoms in total. The summed E-state index contributed by atoms with van der Waals surface area (Å²) in [4.78, 5) is 22.7. The fourth-order valence-electron chi connectivity index (χ4n) is 1.80. The molecule has 0 spiro atoms. The number of Topliss-reactive ketones (excluding diaryl/α,β-unsaturated/α-hetero) is 1. The molecule has 2 aromatic rings. The van der Waals surface area contributed by atoms with Crippen molar-refractivity contribution in [2.75, 3.05) is 7.11 Å². The number of ether oxygens (including phenoxy) is 1. The molecule has 2 rings (SSSR count). The van der Waals surface area contributed by atoms with Crippen molar-refractivity contribution in [1.29, 1.82) is 0 Å². The van der Waals surface area contributed by atoms with E-state index in [2.05, 4.69) is 0 Å². The first-order valence-corrected chi connectivity index (χ1v) is 6.21. The van der Waals surface area contributed by atoms with Gasteiger partial charge in [0.05, 0.1) is 12.0 Å². The predicted octanol–water partition coefficient (Wildman–Crippen LogP) is 3.20. The molecular weight excluding hydrogens is 270 g/mol. The maximum Gasteiger partial charge on any atom is 0.317 e. The summed E-state index contributed by atoms with van der Waals surface area (Å²) in [7, 11) is 1.51. The van der Waals surface area contributed by atoms with Crippen LogP contribution >= 0.6 is 0 Å². The van der Waals surface area contributed by atoms with Gasteiger partial charge in [0.25, 0.3) is 5.78 Å². The second-order valence-electron chi connectivity index (χ2n) is 4.25. The van der Waals surface area contributed by atoms with Crippen molar-refractivity contribution in [3.63, 3.8) is 0 Å². The third-order valence-corrected chi connectivity index (χ3v) is 2.88. The van der Waals surface area contributed by atoms with Crippen LogP contribution in [0.5, 0.6) is 5.75 Å². The van der Waals surface area contributed by atoms with Crippen molar-refractivity contribution in [3.8, 4) is 5.75 Å². The minimum Gasteiger partial charge on any atom is -0.497 e. The largest absolute Gasteiger partial charge is 0.497 e. The Balaban J connectivity index is 2.36. The third-order valence-electron chi connectivity index (χ3n) is 2.88. The van der Waals surface area contributed by atoms with Crippen LogP contribution in [0.1, 0.15) is 15.9 Å². The van der Waals surface area contributed by atoms with Crippen LogP contribution in [0, 0.1) is 10.1 Å². The number of methoxy groups -OCH3 is 1. The van der Waals surface area contributed by atoms with E-state index in [1.807, 2.05) is 0 Å². The van der Waals surface area contributed by atoms with Gasteiger partial charge in [-0.05, 0) is 29.8 Å². The number of hydrogen-bond donors (Lipinski definition) is 0. The molecule has 0 aromatic heterocycles. The van der Waals surface area contributed by atoms with Gasteiger partial charge in [-0.2, -0.15) is 0 Å². The van der Waals surface area contributed by atoms with E-state index in [9.17, 15) is 14.9 Å². The molecule has 2 aromatic carbocycles. The molecule has 0 aliphatic heterocycles. The molecule has 0 bridgehead atoms. The van der Waals surface area contributed by atoms with Gasteiger partial charge in [0.15, 0.2) is 0 Å². The zero-order chi connectivity index (χ0) is 15.2. The minimum absolute atomic E-state index is 0.245. The summed E-state index contributed by atoms with van der Waals surface area (Å²) in [6.45, 7) is 0. The van der Waals surface area contributed by atoms with Crippen LogP contribution in [0.3, 0.4) is 0 Å².